The van der Waals surface area contributed by atoms with Gasteiger partial charge in [0.05, 0.1) is 28.5 Å². The summed E-state index contributed by atoms with van der Waals surface area (Å²) in [4.78, 5) is 44.3. The van der Waals surface area contributed by atoms with E-state index in [1.54, 1.807) is 61.5 Å². The van der Waals surface area contributed by atoms with Gasteiger partial charge in [0.15, 0.2) is 10.6 Å². The van der Waals surface area contributed by atoms with Crippen LogP contribution in [0.5, 0.6) is 0 Å². The molecular formula is C34H25FN2O5S. The maximum atomic E-state index is 14.0. The van der Waals surface area contributed by atoms with E-state index >= 15 is 0 Å². The summed E-state index contributed by atoms with van der Waals surface area (Å²) in [7, 11) is 0. The monoisotopic (exact) mass is 592 g/mol. The lowest BCUT2D eigenvalue weighted by Crippen LogP contribution is -2.40. The third-order valence-electron chi connectivity index (χ3n) is 7.04. The van der Waals surface area contributed by atoms with Gasteiger partial charge in [-0.05, 0) is 43.7 Å². The number of benzene rings is 3. The summed E-state index contributed by atoms with van der Waals surface area (Å²) in [6.45, 7) is 3.34. The first-order valence-corrected chi connectivity index (χ1v) is 14.4. The van der Waals surface area contributed by atoms with Crippen molar-refractivity contribution in [3.05, 3.63) is 145 Å². The minimum Gasteiger partial charge on any atom is -0.463 e. The fourth-order valence-electron chi connectivity index (χ4n) is 4.98. The molecule has 1 unspecified atom stereocenters. The van der Waals surface area contributed by atoms with Crippen LogP contribution in [0.4, 0.5) is 4.39 Å². The van der Waals surface area contributed by atoms with Crippen LogP contribution in [0.25, 0.3) is 23.1 Å². The molecule has 43 heavy (non-hydrogen) atoms. The number of hydrogen-bond donors (Lipinski definition) is 0. The number of nitrogens with zero attached hydrogens (tertiary/aromatic N) is 2. The van der Waals surface area contributed by atoms with Gasteiger partial charge in [-0.25, -0.2) is 14.2 Å². The summed E-state index contributed by atoms with van der Waals surface area (Å²) in [5.41, 5.74) is 2.80. The Morgan fingerprint density at radius 3 is 2.37 bits per heavy atom. The molecule has 0 N–H and O–H groups in total. The van der Waals surface area contributed by atoms with Crippen LogP contribution in [0.1, 0.15) is 47.1 Å². The average molecular weight is 593 g/mol. The second-order valence-electron chi connectivity index (χ2n) is 9.82. The van der Waals surface area contributed by atoms with E-state index < -0.39 is 17.8 Å². The lowest BCUT2D eigenvalue weighted by Gasteiger charge is -2.25. The summed E-state index contributed by atoms with van der Waals surface area (Å²) in [5.74, 6) is -0.0511. The van der Waals surface area contributed by atoms with Crippen LogP contribution in [0.2, 0.25) is 0 Å². The lowest BCUT2D eigenvalue weighted by molar-refractivity contribution is -0.138. The molecule has 0 spiro atoms. The number of fused-ring (bicyclic) bond motifs is 1. The Morgan fingerprint density at radius 2 is 1.70 bits per heavy atom. The highest BCUT2D eigenvalue weighted by Gasteiger charge is 2.35. The summed E-state index contributed by atoms with van der Waals surface area (Å²) in [5, 5.41) is 0. The molecule has 0 amide bonds. The third-order valence-corrected chi connectivity index (χ3v) is 8.02. The predicted octanol–water partition coefficient (Wildman–Crippen LogP) is 5.54. The van der Waals surface area contributed by atoms with Crippen molar-refractivity contribution in [2.24, 2.45) is 4.99 Å². The van der Waals surface area contributed by atoms with Gasteiger partial charge in [-0.1, -0.05) is 78.1 Å². The maximum Gasteiger partial charge on any atom is 0.338 e. The summed E-state index contributed by atoms with van der Waals surface area (Å²) < 4.78 is 27.2. The Kier molecular flexibility index (Phi) is 7.56. The molecule has 2 aromatic heterocycles. The largest absolute Gasteiger partial charge is 0.463 e. The van der Waals surface area contributed by atoms with Crippen molar-refractivity contribution >= 4 is 34.9 Å². The SMILES string of the molecule is CCOC(=O)C1=C(c2ccccc2)N=c2s/c(=C/c3ccc(-c4ccc(C(C)=O)cc4)o3)c(=O)n2C1c1ccc(F)cc1. The molecule has 5 aromatic rings. The number of halogens is 1. The van der Waals surface area contributed by atoms with Gasteiger partial charge in [0.2, 0.25) is 0 Å². The number of thiazole rings is 1. The van der Waals surface area contributed by atoms with E-state index in [9.17, 15) is 18.8 Å². The normalized spacial score (nSPS) is 14.8. The molecule has 1 aliphatic rings. The maximum absolute atomic E-state index is 14.0. The molecule has 6 rings (SSSR count). The minimum absolute atomic E-state index is 0.0254. The number of ketones is 1. The number of ether oxygens (including phenoxy) is 1. The number of carbonyl (C=O) groups excluding carboxylic acids is 2. The smallest absolute Gasteiger partial charge is 0.338 e. The predicted molar refractivity (Wildman–Crippen MR) is 162 cm³/mol. The van der Waals surface area contributed by atoms with Crippen LogP contribution in [0.3, 0.4) is 0 Å². The number of Topliss-reactive ketones (excluding diaryl/α,β-unsaturated/α-hetero) is 1. The zero-order valence-electron chi connectivity index (χ0n) is 23.2. The van der Waals surface area contributed by atoms with Gasteiger partial charge in [0, 0.05) is 22.8 Å². The first-order valence-electron chi connectivity index (χ1n) is 13.6. The van der Waals surface area contributed by atoms with Gasteiger partial charge in [0.25, 0.3) is 5.56 Å². The molecule has 1 atom stereocenters. The zero-order valence-corrected chi connectivity index (χ0v) is 24.1. The fourth-order valence-corrected chi connectivity index (χ4v) is 5.97. The van der Waals surface area contributed by atoms with Gasteiger partial charge >= 0.3 is 5.97 Å². The van der Waals surface area contributed by atoms with Gasteiger partial charge in [0.1, 0.15) is 17.3 Å². The second-order valence-corrected chi connectivity index (χ2v) is 10.8. The Labute approximate surface area is 249 Å². The van der Waals surface area contributed by atoms with Gasteiger partial charge < -0.3 is 9.15 Å². The van der Waals surface area contributed by atoms with Crippen LogP contribution >= 0.6 is 11.3 Å². The zero-order chi connectivity index (χ0) is 30.1. The third kappa shape index (κ3) is 5.42. The molecule has 3 heterocycles. The number of esters is 1. The van der Waals surface area contributed by atoms with E-state index in [-0.39, 0.29) is 23.5 Å². The van der Waals surface area contributed by atoms with Crippen LogP contribution in [0, 0.1) is 5.82 Å². The van der Waals surface area contributed by atoms with Gasteiger partial charge in [-0.3, -0.25) is 14.2 Å². The topological polar surface area (TPSA) is 90.9 Å². The van der Waals surface area contributed by atoms with Crippen molar-refractivity contribution in [2.45, 2.75) is 19.9 Å². The van der Waals surface area contributed by atoms with Crippen LogP contribution in [-0.4, -0.2) is 22.9 Å². The first-order chi connectivity index (χ1) is 20.8. The molecule has 7 nitrogen and oxygen atoms in total. The summed E-state index contributed by atoms with van der Waals surface area (Å²) >= 11 is 1.16. The standard InChI is InChI=1S/C34H25FN2O5S/c1-3-41-33(40)29-30(23-7-5-4-6-8-23)36-34-37(31(29)24-13-15-25(35)16-14-24)32(39)28(43-34)19-26-17-18-27(42-26)22-11-9-21(10-12-22)20(2)38/h4-19,31H,3H2,1-2H3/b28-19+. The van der Waals surface area contributed by atoms with E-state index in [0.29, 0.717) is 43.2 Å². The Hall–Kier alpha value is -5.15. The van der Waals surface area contributed by atoms with E-state index in [1.165, 1.54) is 23.6 Å². The molecule has 1 aliphatic heterocycles. The average Bonchev–Trinajstić information content (AvgIpc) is 3.61. The van der Waals surface area contributed by atoms with Crippen molar-refractivity contribution < 1.29 is 23.1 Å². The molecule has 3 aromatic carbocycles. The molecule has 214 valence electrons. The highest BCUT2D eigenvalue weighted by Crippen LogP contribution is 2.35. The molecule has 0 aliphatic carbocycles. The van der Waals surface area contributed by atoms with Crippen LogP contribution in [-0.2, 0) is 9.53 Å². The number of hydrogen-bond acceptors (Lipinski definition) is 7. The van der Waals surface area contributed by atoms with Crippen molar-refractivity contribution in [2.75, 3.05) is 6.61 Å². The van der Waals surface area contributed by atoms with E-state index in [1.807, 2.05) is 30.3 Å². The second kappa shape index (κ2) is 11.6. The van der Waals surface area contributed by atoms with Crippen molar-refractivity contribution in [1.29, 1.82) is 0 Å². The quantitative estimate of drug-likeness (QED) is 0.183. The molecule has 0 bridgehead atoms. The Balaban J connectivity index is 1.52. The molecule has 0 saturated carbocycles. The fraction of sp³-hybridized carbons (Fsp3) is 0.118. The van der Waals surface area contributed by atoms with Crippen molar-refractivity contribution in [3.63, 3.8) is 0 Å². The van der Waals surface area contributed by atoms with E-state index in [2.05, 4.69) is 0 Å². The van der Waals surface area contributed by atoms with Crippen LogP contribution < -0.4 is 14.9 Å². The molecule has 9 heteroatoms. The first kappa shape index (κ1) is 28.0. The molecule has 0 saturated heterocycles. The number of furan rings is 1. The Bertz CT molecular complexity index is 2050. The van der Waals surface area contributed by atoms with E-state index in [4.69, 9.17) is 14.1 Å². The minimum atomic E-state index is -0.903. The summed E-state index contributed by atoms with van der Waals surface area (Å²) in [6.07, 6.45) is 1.63. The highest BCUT2D eigenvalue weighted by atomic mass is 32.1. The highest BCUT2D eigenvalue weighted by molar-refractivity contribution is 7.07. The van der Waals surface area contributed by atoms with Crippen molar-refractivity contribution in [3.8, 4) is 11.3 Å². The molecule has 0 radical (unpaired) electrons. The van der Waals surface area contributed by atoms with Crippen LogP contribution in [0.15, 0.2) is 111 Å². The van der Waals surface area contributed by atoms with E-state index in [0.717, 1.165) is 16.9 Å². The summed E-state index contributed by atoms with van der Waals surface area (Å²) in [6, 6.07) is 24.6. The Morgan fingerprint density at radius 1 is 0.977 bits per heavy atom. The number of rotatable bonds is 7. The number of carbonyl (C=O) groups is 2. The molecule has 0 fully saturated rings. The van der Waals surface area contributed by atoms with Gasteiger partial charge in [-0.2, -0.15) is 0 Å². The lowest BCUT2D eigenvalue weighted by atomic mass is 9.93. The molecular weight excluding hydrogens is 567 g/mol. The van der Waals surface area contributed by atoms with Gasteiger partial charge in [-0.15, -0.1) is 0 Å². The van der Waals surface area contributed by atoms with Crippen molar-refractivity contribution in [1.82, 2.24) is 4.57 Å². The number of aromatic nitrogens is 1.